The van der Waals surface area contributed by atoms with Gasteiger partial charge in [0.1, 0.15) is 5.82 Å². The van der Waals surface area contributed by atoms with Gasteiger partial charge in [-0.05, 0) is 61.7 Å². The molecule has 0 unspecified atom stereocenters. The first-order valence-electron chi connectivity index (χ1n) is 12.5. The number of hydrogen-bond donors (Lipinski definition) is 1. The van der Waals surface area contributed by atoms with Crippen LogP contribution in [-0.2, 0) is 13.0 Å². The Bertz CT molecular complexity index is 1380. The van der Waals surface area contributed by atoms with Gasteiger partial charge in [-0.15, -0.1) is 0 Å². The predicted octanol–water partition coefficient (Wildman–Crippen LogP) is 6.56. The first kappa shape index (κ1) is 26.3. The molecule has 0 bridgehead atoms. The van der Waals surface area contributed by atoms with Crippen molar-refractivity contribution in [3.63, 3.8) is 0 Å². The summed E-state index contributed by atoms with van der Waals surface area (Å²) in [7, 11) is 1.66. The Balaban J connectivity index is 1.34. The molecule has 4 aromatic rings. The van der Waals surface area contributed by atoms with Gasteiger partial charge in [-0.3, -0.25) is 4.79 Å². The van der Waals surface area contributed by atoms with Gasteiger partial charge >= 0.3 is 0 Å². The van der Waals surface area contributed by atoms with Gasteiger partial charge in [0.2, 0.25) is 0 Å². The van der Waals surface area contributed by atoms with Crippen LogP contribution in [0.1, 0.15) is 41.5 Å². The number of carbonyl (C=O) groups is 1. The molecule has 0 saturated carbocycles. The highest BCUT2D eigenvalue weighted by Gasteiger charge is 2.12. The first-order valence-corrected chi connectivity index (χ1v) is 12.9. The molecule has 0 spiro atoms. The number of carbonyl (C=O) groups excluding carboxylic acids is 1. The van der Waals surface area contributed by atoms with Crippen molar-refractivity contribution in [2.24, 2.45) is 0 Å². The molecular weight excluding hydrogens is 486 g/mol. The molecule has 0 aliphatic carbocycles. The summed E-state index contributed by atoms with van der Waals surface area (Å²) in [6, 6.07) is 21.2. The molecule has 1 heterocycles. The third-order valence-electron chi connectivity index (χ3n) is 6.05. The fraction of sp³-hybridized carbons (Fsp3) is 0.267. The number of fused-ring (bicyclic) bond motifs is 1. The summed E-state index contributed by atoms with van der Waals surface area (Å²) >= 11 is 6.14. The van der Waals surface area contributed by atoms with Crippen LogP contribution in [-0.4, -0.2) is 35.7 Å². The highest BCUT2D eigenvalue weighted by atomic mass is 35.5. The number of allylic oxidation sites excluding steroid dienone is 1. The van der Waals surface area contributed by atoms with E-state index in [4.69, 9.17) is 26.1 Å². The minimum absolute atomic E-state index is 0.162. The van der Waals surface area contributed by atoms with Crippen molar-refractivity contribution in [1.82, 2.24) is 14.9 Å². The molecule has 0 atom stereocenters. The summed E-state index contributed by atoms with van der Waals surface area (Å²) in [5.41, 5.74) is 3.64. The average molecular weight is 518 g/mol. The molecule has 37 heavy (non-hydrogen) atoms. The van der Waals surface area contributed by atoms with Crippen LogP contribution >= 0.6 is 11.6 Å². The summed E-state index contributed by atoms with van der Waals surface area (Å²) in [6.45, 7) is 3.86. The Morgan fingerprint density at radius 3 is 2.68 bits per heavy atom. The van der Waals surface area contributed by atoms with Crippen LogP contribution < -0.4 is 14.8 Å². The molecule has 0 aliphatic heterocycles. The molecule has 1 aromatic heterocycles. The van der Waals surface area contributed by atoms with Gasteiger partial charge in [-0.2, -0.15) is 0 Å². The van der Waals surface area contributed by atoms with Crippen LogP contribution in [0.5, 0.6) is 11.5 Å². The topological polar surface area (TPSA) is 65.4 Å². The second kappa shape index (κ2) is 13.0. The minimum atomic E-state index is -0.162. The molecule has 0 aliphatic rings. The lowest BCUT2D eigenvalue weighted by molar-refractivity contribution is 0.0953. The van der Waals surface area contributed by atoms with Gasteiger partial charge in [0.05, 0.1) is 35.3 Å². The zero-order valence-corrected chi connectivity index (χ0v) is 22.0. The Morgan fingerprint density at radius 1 is 1.05 bits per heavy atom. The van der Waals surface area contributed by atoms with E-state index in [-0.39, 0.29) is 5.91 Å². The zero-order chi connectivity index (χ0) is 26.0. The number of methoxy groups -OCH3 is 1. The Labute approximate surface area is 222 Å². The fourth-order valence-corrected chi connectivity index (χ4v) is 4.48. The van der Waals surface area contributed by atoms with Crippen LogP contribution in [0.4, 0.5) is 0 Å². The molecule has 192 valence electrons. The smallest absolute Gasteiger partial charge is 0.252 e. The maximum atomic E-state index is 12.4. The molecule has 0 fully saturated rings. The van der Waals surface area contributed by atoms with Crippen molar-refractivity contribution < 1.29 is 14.3 Å². The van der Waals surface area contributed by atoms with Gasteiger partial charge in [-0.1, -0.05) is 54.1 Å². The van der Waals surface area contributed by atoms with Gasteiger partial charge in [-0.25, -0.2) is 4.98 Å². The lowest BCUT2D eigenvalue weighted by Crippen LogP contribution is -2.25. The zero-order valence-electron chi connectivity index (χ0n) is 21.2. The number of hydrogen-bond acceptors (Lipinski definition) is 4. The van der Waals surface area contributed by atoms with Crippen molar-refractivity contribution in [3.05, 3.63) is 94.8 Å². The quantitative estimate of drug-likeness (QED) is 0.216. The second-order valence-electron chi connectivity index (χ2n) is 8.62. The van der Waals surface area contributed by atoms with E-state index in [1.165, 1.54) is 0 Å². The SMILES string of the molecule is C/C=C/c1ccc(OCCCn2c(CCCNC(=O)c3ccccc3Cl)nc3ccccc32)c(OC)c1. The molecular formula is C30H32ClN3O3. The normalized spacial score (nSPS) is 11.2. The highest BCUT2D eigenvalue weighted by molar-refractivity contribution is 6.33. The average Bonchev–Trinajstić information content (AvgIpc) is 3.27. The van der Waals surface area contributed by atoms with Crippen LogP contribution in [0.2, 0.25) is 5.02 Å². The summed E-state index contributed by atoms with van der Waals surface area (Å²) in [5, 5.41) is 3.41. The van der Waals surface area contributed by atoms with Crippen LogP contribution in [0.25, 0.3) is 17.1 Å². The number of nitrogens with one attached hydrogen (secondary N) is 1. The number of ether oxygens (including phenoxy) is 2. The lowest BCUT2D eigenvalue weighted by Gasteiger charge is -2.13. The maximum Gasteiger partial charge on any atom is 0.252 e. The second-order valence-corrected chi connectivity index (χ2v) is 9.03. The third-order valence-corrected chi connectivity index (χ3v) is 6.37. The summed E-state index contributed by atoms with van der Waals surface area (Å²) in [5.74, 6) is 2.30. The van der Waals surface area contributed by atoms with E-state index in [1.807, 2.05) is 67.6 Å². The molecule has 0 radical (unpaired) electrons. The largest absolute Gasteiger partial charge is 0.493 e. The van der Waals surface area contributed by atoms with E-state index in [0.29, 0.717) is 23.7 Å². The van der Waals surface area contributed by atoms with E-state index < -0.39 is 0 Å². The van der Waals surface area contributed by atoms with Crippen molar-refractivity contribution in [3.8, 4) is 11.5 Å². The fourth-order valence-electron chi connectivity index (χ4n) is 4.26. The van der Waals surface area contributed by atoms with Crippen molar-refractivity contribution >= 4 is 34.6 Å². The number of nitrogens with zero attached hydrogens (tertiary/aromatic N) is 2. The number of benzene rings is 3. The Morgan fingerprint density at radius 2 is 1.86 bits per heavy atom. The van der Waals surface area contributed by atoms with Crippen LogP contribution in [0.3, 0.4) is 0 Å². The van der Waals surface area contributed by atoms with Gasteiger partial charge in [0.15, 0.2) is 11.5 Å². The molecule has 1 N–H and O–H groups in total. The number of halogens is 1. The summed E-state index contributed by atoms with van der Waals surface area (Å²) in [6.07, 6.45) is 6.36. The Hall–Kier alpha value is -3.77. The number of aryl methyl sites for hydroxylation is 2. The monoisotopic (exact) mass is 517 g/mol. The minimum Gasteiger partial charge on any atom is -0.493 e. The summed E-state index contributed by atoms with van der Waals surface area (Å²) in [4.78, 5) is 17.3. The van der Waals surface area contributed by atoms with E-state index >= 15 is 0 Å². The predicted molar refractivity (Wildman–Crippen MR) is 150 cm³/mol. The van der Waals surface area contributed by atoms with Crippen molar-refractivity contribution in [2.75, 3.05) is 20.3 Å². The van der Waals surface area contributed by atoms with Gasteiger partial charge in [0, 0.05) is 19.5 Å². The molecule has 1 amide bonds. The number of para-hydroxylation sites is 2. The van der Waals surface area contributed by atoms with E-state index in [9.17, 15) is 4.79 Å². The molecule has 6 nitrogen and oxygen atoms in total. The van der Waals surface area contributed by atoms with Crippen molar-refractivity contribution in [2.45, 2.75) is 32.7 Å². The molecule has 4 rings (SSSR count). The Kier molecular flexibility index (Phi) is 9.22. The van der Waals surface area contributed by atoms with E-state index in [1.54, 1.807) is 19.2 Å². The standard InChI is InChI=1S/C30H32ClN3O3/c1-3-10-22-16-17-27(28(21-22)36-2)37-20-9-19-34-26-14-7-6-13-25(26)33-29(34)15-8-18-32-30(35)23-11-4-5-12-24(23)31/h3-7,10-14,16-17,21H,8-9,15,18-20H2,1-2H3,(H,32,35)/b10-3+. The molecule has 0 saturated heterocycles. The third kappa shape index (κ3) is 6.71. The van der Waals surface area contributed by atoms with Crippen LogP contribution in [0, 0.1) is 0 Å². The number of aromatic nitrogens is 2. The lowest BCUT2D eigenvalue weighted by atomic mass is 10.2. The maximum absolute atomic E-state index is 12.4. The van der Waals surface area contributed by atoms with Gasteiger partial charge < -0.3 is 19.4 Å². The van der Waals surface area contributed by atoms with Gasteiger partial charge in [0.25, 0.3) is 5.91 Å². The molecule has 3 aromatic carbocycles. The van der Waals surface area contributed by atoms with Crippen LogP contribution in [0.15, 0.2) is 72.8 Å². The highest BCUT2D eigenvalue weighted by Crippen LogP contribution is 2.29. The molecule has 7 heteroatoms. The van der Waals surface area contributed by atoms with E-state index in [0.717, 1.165) is 59.7 Å². The summed E-state index contributed by atoms with van der Waals surface area (Å²) < 4.78 is 13.8. The number of rotatable bonds is 12. The first-order chi connectivity index (χ1) is 18.1. The van der Waals surface area contributed by atoms with E-state index in [2.05, 4.69) is 16.0 Å². The number of amides is 1. The number of imidazole rings is 1. The van der Waals surface area contributed by atoms with Crippen molar-refractivity contribution in [1.29, 1.82) is 0 Å².